The van der Waals surface area contributed by atoms with Gasteiger partial charge in [-0.2, -0.15) is 0 Å². The minimum Gasteiger partial charge on any atom is -0.144 e. The van der Waals surface area contributed by atoms with Gasteiger partial charge in [-0.15, -0.1) is 11.3 Å². The van der Waals surface area contributed by atoms with Crippen LogP contribution in [-0.4, -0.2) is 0 Å². The molecular formula is C43H36S. The highest BCUT2D eigenvalue weighted by Crippen LogP contribution is 2.66. The summed E-state index contributed by atoms with van der Waals surface area (Å²) in [4.78, 5) is 0. The van der Waals surface area contributed by atoms with Crippen LogP contribution in [0.25, 0.3) is 15.7 Å². The second-order valence-corrected chi connectivity index (χ2v) is 12.7. The molecule has 0 saturated carbocycles. The zero-order valence-electron chi connectivity index (χ0n) is 25.7. The molecule has 3 aliphatic carbocycles. The summed E-state index contributed by atoms with van der Waals surface area (Å²) in [6.07, 6.45) is 19.0. The first-order valence-electron chi connectivity index (χ1n) is 15.2. The lowest BCUT2D eigenvalue weighted by atomic mass is 9.51. The van der Waals surface area contributed by atoms with Crippen molar-refractivity contribution in [2.75, 3.05) is 0 Å². The van der Waals surface area contributed by atoms with E-state index < -0.39 is 10.8 Å². The van der Waals surface area contributed by atoms with Crippen LogP contribution in [0.4, 0.5) is 0 Å². The van der Waals surface area contributed by atoms with Crippen LogP contribution in [0.15, 0.2) is 174 Å². The fourth-order valence-electron chi connectivity index (χ4n) is 8.31. The third-order valence-electron chi connectivity index (χ3n) is 9.97. The molecule has 0 aliphatic heterocycles. The maximum absolute atomic E-state index is 4.48. The summed E-state index contributed by atoms with van der Waals surface area (Å²) in [7, 11) is 0. The van der Waals surface area contributed by atoms with E-state index in [2.05, 4.69) is 155 Å². The molecular weight excluding hydrogens is 549 g/mol. The van der Waals surface area contributed by atoms with Crippen molar-refractivity contribution in [3.8, 4) is 0 Å². The second-order valence-electron chi connectivity index (χ2n) is 11.7. The van der Waals surface area contributed by atoms with E-state index in [-0.39, 0.29) is 0 Å². The van der Waals surface area contributed by atoms with Crippen molar-refractivity contribution in [3.05, 3.63) is 208 Å². The van der Waals surface area contributed by atoms with Crippen molar-refractivity contribution < 1.29 is 0 Å². The Labute approximate surface area is 265 Å². The number of hydrogen-bond acceptors (Lipinski definition) is 1. The SMILES string of the molecule is C=C/C=C\C1=C(C)C(C)=C(/C=C\C=C)C12c1ccccc1C1(C(C=C)=C(/C=C\C)c3cc4ccsc4cc31)c1ccccc12. The molecule has 0 amide bonds. The van der Waals surface area contributed by atoms with Crippen LogP contribution in [0.1, 0.15) is 54.2 Å². The molecule has 0 saturated heterocycles. The number of hydrogen-bond donors (Lipinski definition) is 0. The Morgan fingerprint density at radius 2 is 1.18 bits per heavy atom. The molecule has 0 unspecified atom stereocenters. The zero-order valence-corrected chi connectivity index (χ0v) is 26.5. The van der Waals surface area contributed by atoms with E-state index in [0.29, 0.717) is 0 Å². The van der Waals surface area contributed by atoms with Gasteiger partial charge in [0.25, 0.3) is 0 Å². The van der Waals surface area contributed by atoms with E-state index in [1.54, 1.807) is 0 Å². The van der Waals surface area contributed by atoms with Gasteiger partial charge in [0.1, 0.15) is 0 Å². The predicted molar refractivity (Wildman–Crippen MR) is 191 cm³/mol. The van der Waals surface area contributed by atoms with Gasteiger partial charge in [-0.1, -0.05) is 123 Å². The second kappa shape index (κ2) is 10.5. The molecule has 2 spiro atoms. The van der Waals surface area contributed by atoms with Crippen LogP contribution < -0.4 is 0 Å². The van der Waals surface area contributed by atoms with Gasteiger partial charge in [-0.05, 0) is 117 Å². The summed E-state index contributed by atoms with van der Waals surface area (Å²) in [5.74, 6) is 0. The maximum atomic E-state index is 4.48. The van der Waals surface area contributed by atoms with Gasteiger partial charge in [0, 0.05) is 4.70 Å². The number of thiophene rings is 1. The molecule has 1 aromatic heterocycles. The quantitative estimate of drug-likeness (QED) is 0.198. The standard InChI is InChI=1S/C43H36S/c1-7-11-18-34-28(5)29(6)35(19-12-8-2)43(34)38-22-15-13-20-36(38)42(37-21-14-16-23-39(37)43)33(10-4)31(17-9-3)32-26-30-24-25-44-41(30)27-40(32)42/h7-27H,1-2,4H2,3,5-6H3/b17-9-,18-11-,19-12-. The summed E-state index contributed by atoms with van der Waals surface area (Å²) < 4.78 is 1.31. The van der Waals surface area contributed by atoms with Crippen LogP contribution >= 0.6 is 11.3 Å². The predicted octanol–water partition coefficient (Wildman–Crippen LogP) is 11.5. The van der Waals surface area contributed by atoms with Crippen molar-refractivity contribution in [1.82, 2.24) is 0 Å². The summed E-state index contributed by atoms with van der Waals surface area (Å²) in [6, 6.07) is 25.4. The normalized spacial score (nSPS) is 18.0. The average Bonchev–Trinajstić information content (AvgIpc) is 3.68. The highest BCUT2D eigenvalue weighted by molar-refractivity contribution is 7.17. The molecule has 44 heavy (non-hydrogen) atoms. The molecule has 214 valence electrons. The Morgan fingerprint density at radius 1 is 0.636 bits per heavy atom. The van der Waals surface area contributed by atoms with E-state index in [9.17, 15) is 0 Å². The fourth-order valence-corrected chi connectivity index (χ4v) is 9.12. The van der Waals surface area contributed by atoms with Gasteiger partial charge in [-0.3, -0.25) is 0 Å². The van der Waals surface area contributed by atoms with E-state index in [1.807, 2.05) is 23.5 Å². The summed E-state index contributed by atoms with van der Waals surface area (Å²) >= 11 is 1.81. The minimum absolute atomic E-state index is 0.506. The summed E-state index contributed by atoms with van der Waals surface area (Å²) in [5, 5.41) is 3.49. The third-order valence-corrected chi connectivity index (χ3v) is 10.8. The van der Waals surface area contributed by atoms with E-state index in [1.165, 1.54) is 76.9 Å². The first-order valence-corrected chi connectivity index (χ1v) is 16.1. The highest BCUT2D eigenvalue weighted by Gasteiger charge is 2.58. The molecule has 0 radical (unpaired) electrons. The minimum atomic E-state index is -0.520. The van der Waals surface area contributed by atoms with Crippen molar-refractivity contribution in [2.45, 2.75) is 31.6 Å². The van der Waals surface area contributed by atoms with Gasteiger partial charge < -0.3 is 0 Å². The molecule has 7 rings (SSSR count). The largest absolute Gasteiger partial charge is 0.144 e. The average molecular weight is 585 g/mol. The van der Waals surface area contributed by atoms with Gasteiger partial charge in [0.05, 0.1) is 10.8 Å². The van der Waals surface area contributed by atoms with E-state index >= 15 is 0 Å². The van der Waals surface area contributed by atoms with Crippen LogP contribution in [0.5, 0.6) is 0 Å². The molecule has 0 atom stereocenters. The van der Waals surface area contributed by atoms with Crippen LogP contribution in [0.3, 0.4) is 0 Å². The molecule has 1 heterocycles. The Kier molecular flexibility index (Phi) is 6.68. The molecule has 4 aromatic rings. The Morgan fingerprint density at radius 3 is 1.68 bits per heavy atom. The molecule has 1 heteroatoms. The first kappa shape index (κ1) is 28.1. The lowest BCUT2D eigenvalue weighted by Gasteiger charge is -2.50. The molecule has 0 bridgehead atoms. The Bertz CT molecular complexity index is 2000. The third kappa shape index (κ3) is 3.39. The maximum Gasteiger partial charge on any atom is 0.0720 e. The molecule has 0 nitrogen and oxygen atoms in total. The number of fused-ring (bicyclic) bond motifs is 9. The Hall–Kier alpha value is -4.72. The molecule has 0 fully saturated rings. The number of benzene rings is 3. The van der Waals surface area contributed by atoms with Crippen LogP contribution in [0, 0.1) is 0 Å². The molecule has 3 aromatic carbocycles. The lowest BCUT2D eigenvalue weighted by Crippen LogP contribution is -2.44. The highest BCUT2D eigenvalue weighted by atomic mass is 32.1. The van der Waals surface area contributed by atoms with Crippen molar-refractivity contribution >= 4 is 27.0 Å². The zero-order chi connectivity index (χ0) is 30.6. The number of rotatable bonds is 6. The van der Waals surface area contributed by atoms with Crippen LogP contribution in [-0.2, 0) is 10.8 Å². The van der Waals surface area contributed by atoms with Crippen LogP contribution in [0.2, 0.25) is 0 Å². The van der Waals surface area contributed by atoms with Gasteiger partial charge in [-0.25, -0.2) is 0 Å². The van der Waals surface area contributed by atoms with Gasteiger partial charge in [0.2, 0.25) is 0 Å². The van der Waals surface area contributed by atoms with E-state index in [4.69, 9.17) is 0 Å². The van der Waals surface area contributed by atoms with Crippen molar-refractivity contribution in [3.63, 3.8) is 0 Å². The molecule has 3 aliphatic rings. The lowest BCUT2D eigenvalue weighted by molar-refractivity contribution is 0.624. The fraction of sp³-hybridized carbons (Fsp3) is 0.116. The van der Waals surface area contributed by atoms with Crippen molar-refractivity contribution in [2.24, 2.45) is 0 Å². The summed E-state index contributed by atoms with van der Waals surface area (Å²) in [6.45, 7) is 19.2. The number of allylic oxidation sites excluding steroid dienone is 15. The Balaban J connectivity index is 1.73. The van der Waals surface area contributed by atoms with Gasteiger partial charge >= 0.3 is 0 Å². The van der Waals surface area contributed by atoms with Crippen molar-refractivity contribution in [1.29, 1.82) is 0 Å². The topological polar surface area (TPSA) is 0 Å². The smallest absolute Gasteiger partial charge is 0.0720 e. The van der Waals surface area contributed by atoms with E-state index in [0.717, 1.165) is 0 Å². The first-order chi connectivity index (χ1) is 21.5. The molecule has 0 N–H and O–H groups in total. The van der Waals surface area contributed by atoms with Gasteiger partial charge in [0.15, 0.2) is 0 Å². The summed E-state index contributed by atoms with van der Waals surface area (Å²) in [5.41, 5.74) is 14.5. The monoisotopic (exact) mass is 584 g/mol.